The number of aromatic nitrogens is 1. The molecule has 0 bridgehead atoms. The van der Waals surface area contributed by atoms with E-state index in [2.05, 4.69) is 4.98 Å². The number of hydrogen-bond donors (Lipinski definition) is 1. The normalized spacial score (nSPS) is 13.0. The van der Waals surface area contributed by atoms with Crippen LogP contribution in [0.2, 0.25) is 0 Å². The van der Waals surface area contributed by atoms with Crippen LogP contribution < -0.4 is 5.59 Å². The second-order valence-corrected chi connectivity index (χ2v) is 2.41. The quantitative estimate of drug-likeness (QED) is 0.521. The SMILES string of the molecule is Bc1ccc(C(C)O)cn1. The Balaban J connectivity index is 2.89. The number of aliphatic hydroxyl groups excluding tert-OH is 1. The molecule has 3 heteroatoms. The Morgan fingerprint density at radius 2 is 2.30 bits per heavy atom. The van der Waals surface area contributed by atoms with Gasteiger partial charge in [0.25, 0.3) is 0 Å². The lowest BCUT2D eigenvalue weighted by molar-refractivity contribution is 0.199. The molecular weight excluding hydrogens is 125 g/mol. The van der Waals surface area contributed by atoms with E-state index < -0.39 is 6.10 Å². The minimum atomic E-state index is -0.409. The maximum atomic E-state index is 9.07. The van der Waals surface area contributed by atoms with E-state index in [1.165, 1.54) is 0 Å². The molecule has 0 saturated carbocycles. The predicted molar refractivity (Wildman–Crippen MR) is 43.0 cm³/mol. The first-order chi connectivity index (χ1) is 4.70. The minimum absolute atomic E-state index is 0.409. The van der Waals surface area contributed by atoms with Gasteiger partial charge in [-0.05, 0) is 18.1 Å². The molecule has 52 valence electrons. The largest absolute Gasteiger partial charge is 0.389 e. The average molecular weight is 135 g/mol. The molecular formula is C7H10BNO. The van der Waals surface area contributed by atoms with Gasteiger partial charge in [0, 0.05) is 6.20 Å². The summed E-state index contributed by atoms with van der Waals surface area (Å²) in [6.45, 7) is 1.73. The molecule has 0 amide bonds. The molecule has 1 N–H and O–H groups in total. The Hall–Kier alpha value is -0.825. The van der Waals surface area contributed by atoms with E-state index in [4.69, 9.17) is 5.11 Å². The third-order valence-electron chi connectivity index (χ3n) is 1.42. The summed E-state index contributed by atoms with van der Waals surface area (Å²) < 4.78 is 0. The van der Waals surface area contributed by atoms with Gasteiger partial charge in [-0.25, -0.2) is 0 Å². The van der Waals surface area contributed by atoms with Crippen molar-refractivity contribution in [3.05, 3.63) is 23.9 Å². The smallest absolute Gasteiger partial charge is 0.163 e. The average Bonchev–Trinajstić information content (AvgIpc) is 1.88. The highest BCUT2D eigenvalue weighted by Crippen LogP contribution is 2.06. The van der Waals surface area contributed by atoms with Crippen molar-refractivity contribution in [2.45, 2.75) is 13.0 Å². The van der Waals surface area contributed by atoms with Gasteiger partial charge in [0.2, 0.25) is 0 Å². The van der Waals surface area contributed by atoms with Crippen molar-refractivity contribution in [3.63, 3.8) is 0 Å². The molecule has 1 heterocycles. The number of aliphatic hydroxyl groups is 1. The molecule has 0 saturated heterocycles. The molecule has 1 rings (SSSR count). The fourth-order valence-corrected chi connectivity index (χ4v) is 0.726. The molecule has 10 heavy (non-hydrogen) atoms. The molecule has 0 aromatic carbocycles. The third kappa shape index (κ3) is 1.58. The van der Waals surface area contributed by atoms with Crippen molar-refractivity contribution in [3.8, 4) is 0 Å². The number of nitrogens with zero attached hydrogens (tertiary/aromatic N) is 1. The highest BCUT2D eigenvalue weighted by atomic mass is 16.3. The Kier molecular flexibility index (Phi) is 2.07. The fourth-order valence-electron chi connectivity index (χ4n) is 0.726. The van der Waals surface area contributed by atoms with Crippen molar-refractivity contribution in [2.24, 2.45) is 0 Å². The molecule has 0 fully saturated rings. The molecule has 1 unspecified atom stereocenters. The lowest BCUT2D eigenvalue weighted by atomic mass is 10.0. The Bertz CT molecular complexity index is 207. The summed E-state index contributed by atoms with van der Waals surface area (Å²) in [7, 11) is 1.92. The van der Waals surface area contributed by atoms with Crippen LogP contribution in [0.15, 0.2) is 18.3 Å². The monoisotopic (exact) mass is 135 g/mol. The lowest BCUT2D eigenvalue weighted by Crippen LogP contribution is -2.07. The molecule has 0 radical (unpaired) electrons. The zero-order valence-corrected chi connectivity index (χ0v) is 6.20. The maximum absolute atomic E-state index is 9.07. The van der Waals surface area contributed by atoms with Gasteiger partial charge in [-0.3, -0.25) is 4.98 Å². The summed E-state index contributed by atoms with van der Waals surface area (Å²) >= 11 is 0. The standard InChI is InChI=1S/C7H10BNO/c1-5(10)6-2-3-7(8)9-4-6/h2-5,10H,8H2,1H3. The van der Waals surface area contributed by atoms with Crippen LogP contribution in [0, 0.1) is 0 Å². The summed E-state index contributed by atoms with van der Waals surface area (Å²) in [6.07, 6.45) is 1.29. The second kappa shape index (κ2) is 2.84. The van der Waals surface area contributed by atoms with Gasteiger partial charge in [-0.15, -0.1) is 0 Å². The number of pyridine rings is 1. The molecule has 1 aromatic heterocycles. The summed E-state index contributed by atoms with van der Waals surface area (Å²) in [5.41, 5.74) is 1.84. The third-order valence-corrected chi connectivity index (χ3v) is 1.42. The lowest BCUT2D eigenvalue weighted by Gasteiger charge is -2.02. The summed E-state index contributed by atoms with van der Waals surface area (Å²) in [6, 6.07) is 3.77. The molecule has 0 spiro atoms. The van der Waals surface area contributed by atoms with Gasteiger partial charge < -0.3 is 5.11 Å². The first kappa shape index (κ1) is 7.28. The second-order valence-electron chi connectivity index (χ2n) is 2.41. The molecule has 0 aliphatic carbocycles. The predicted octanol–water partition coefficient (Wildman–Crippen LogP) is -0.607. The molecule has 1 aromatic rings. The van der Waals surface area contributed by atoms with Crippen LogP contribution in [0.4, 0.5) is 0 Å². The van der Waals surface area contributed by atoms with Crippen molar-refractivity contribution >= 4 is 13.4 Å². The van der Waals surface area contributed by atoms with E-state index in [9.17, 15) is 0 Å². The number of rotatable bonds is 1. The van der Waals surface area contributed by atoms with E-state index in [0.29, 0.717) is 0 Å². The van der Waals surface area contributed by atoms with Gasteiger partial charge >= 0.3 is 0 Å². The molecule has 0 aliphatic rings. The van der Waals surface area contributed by atoms with E-state index in [1.807, 2.05) is 20.0 Å². The van der Waals surface area contributed by atoms with Crippen LogP contribution in [-0.2, 0) is 0 Å². The van der Waals surface area contributed by atoms with E-state index in [1.54, 1.807) is 13.1 Å². The van der Waals surface area contributed by atoms with E-state index in [0.717, 1.165) is 11.2 Å². The van der Waals surface area contributed by atoms with Crippen LogP contribution in [0.3, 0.4) is 0 Å². The first-order valence-electron chi connectivity index (χ1n) is 3.31. The fraction of sp³-hybridized carbons (Fsp3) is 0.286. The van der Waals surface area contributed by atoms with Gasteiger partial charge in [0.1, 0.15) is 0 Å². The van der Waals surface area contributed by atoms with Crippen LogP contribution in [-0.4, -0.2) is 17.9 Å². The Morgan fingerprint density at radius 3 is 2.70 bits per heavy atom. The molecule has 0 aliphatic heterocycles. The Morgan fingerprint density at radius 1 is 1.60 bits per heavy atom. The first-order valence-corrected chi connectivity index (χ1v) is 3.31. The van der Waals surface area contributed by atoms with Crippen LogP contribution in [0.5, 0.6) is 0 Å². The van der Waals surface area contributed by atoms with Crippen LogP contribution >= 0.6 is 0 Å². The van der Waals surface area contributed by atoms with Gasteiger partial charge in [0.15, 0.2) is 7.85 Å². The van der Waals surface area contributed by atoms with Crippen LogP contribution in [0.25, 0.3) is 0 Å². The van der Waals surface area contributed by atoms with Crippen LogP contribution in [0.1, 0.15) is 18.6 Å². The van der Waals surface area contributed by atoms with Gasteiger partial charge in [-0.2, -0.15) is 0 Å². The highest BCUT2D eigenvalue weighted by Gasteiger charge is 1.98. The maximum Gasteiger partial charge on any atom is 0.163 e. The van der Waals surface area contributed by atoms with Gasteiger partial charge in [0.05, 0.1) is 6.10 Å². The Labute approximate surface area is 61.3 Å². The number of hydrogen-bond acceptors (Lipinski definition) is 2. The van der Waals surface area contributed by atoms with Crippen molar-refractivity contribution < 1.29 is 5.11 Å². The zero-order chi connectivity index (χ0) is 7.56. The van der Waals surface area contributed by atoms with E-state index >= 15 is 0 Å². The molecule has 1 atom stereocenters. The van der Waals surface area contributed by atoms with Crippen molar-refractivity contribution in [1.29, 1.82) is 0 Å². The summed E-state index contributed by atoms with van der Waals surface area (Å²) in [5, 5.41) is 9.07. The summed E-state index contributed by atoms with van der Waals surface area (Å²) in [5.74, 6) is 0. The highest BCUT2D eigenvalue weighted by molar-refractivity contribution is 6.30. The van der Waals surface area contributed by atoms with Crippen molar-refractivity contribution in [1.82, 2.24) is 4.98 Å². The topological polar surface area (TPSA) is 33.1 Å². The summed E-state index contributed by atoms with van der Waals surface area (Å²) in [4.78, 5) is 4.04. The van der Waals surface area contributed by atoms with E-state index in [-0.39, 0.29) is 0 Å². The minimum Gasteiger partial charge on any atom is -0.389 e. The van der Waals surface area contributed by atoms with Crippen molar-refractivity contribution in [2.75, 3.05) is 0 Å². The molecule has 2 nitrogen and oxygen atoms in total. The zero-order valence-electron chi connectivity index (χ0n) is 6.20. The van der Waals surface area contributed by atoms with Gasteiger partial charge in [-0.1, -0.05) is 12.1 Å².